The minimum atomic E-state index is -0.784. The predicted molar refractivity (Wildman–Crippen MR) is 407 cm³/mol. The molecule has 0 saturated heterocycles. The molecule has 28 heteroatoms. The maximum absolute atomic E-state index is 12.5. The van der Waals surface area contributed by atoms with Crippen LogP contribution in [-0.2, 0) is 28.7 Å². The van der Waals surface area contributed by atoms with Crippen molar-refractivity contribution < 1.29 is 43.3 Å². The molecule has 0 aliphatic heterocycles. The van der Waals surface area contributed by atoms with Gasteiger partial charge < -0.3 is 52.6 Å². The first-order valence-corrected chi connectivity index (χ1v) is 37.0. The average Bonchev–Trinajstić information content (AvgIpc) is 1.75. The monoisotopic (exact) mass is 1530 g/mol. The van der Waals surface area contributed by atoms with Gasteiger partial charge in [0.1, 0.15) is 16.2 Å². The number of carboxylic acid groups (broad SMARTS) is 1. The van der Waals surface area contributed by atoms with Gasteiger partial charge in [-0.2, -0.15) is 10.5 Å². The molecular formula is C73H87BrClN13O9S4. The molecule has 10 N–H and O–H groups in total. The van der Waals surface area contributed by atoms with Crippen LogP contribution in [0.15, 0.2) is 146 Å². The van der Waals surface area contributed by atoms with Crippen molar-refractivity contribution in [3.8, 4) is 52.8 Å². The van der Waals surface area contributed by atoms with Crippen LogP contribution in [0.25, 0.3) is 41.8 Å². The maximum Gasteiger partial charge on any atom is 0.407 e. The van der Waals surface area contributed by atoms with Crippen LogP contribution in [0.3, 0.4) is 0 Å². The number of thiazole rings is 4. The van der Waals surface area contributed by atoms with E-state index in [1.807, 2.05) is 142 Å². The van der Waals surface area contributed by atoms with Crippen LogP contribution in [0.2, 0.25) is 0 Å². The van der Waals surface area contributed by atoms with Crippen molar-refractivity contribution in [2.24, 2.45) is 35.3 Å². The fourth-order valence-corrected chi connectivity index (χ4v) is 14.5. The average molecular weight is 1530 g/mol. The molecule has 8 atom stereocenters. The molecule has 8 aromatic rings. The summed E-state index contributed by atoms with van der Waals surface area (Å²) in [5.74, 6) is -0.783. The summed E-state index contributed by atoms with van der Waals surface area (Å²) in [6, 6.07) is 42.4. The molecule has 4 aromatic carbocycles. The highest BCUT2D eigenvalue weighted by molar-refractivity contribution is 9.12. The van der Waals surface area contributed by atoms with Gasteiger partial charge in [0.15, 0.2) is 20.5 Å². The van der Waals surface area contributed by atoms with Crippen LogP contribution in [-0.4, -0.2) is 90.2 Å². The summed E-state index contributed by atoms with van der Waals surface area (Å²) in [4.78, 5) is 93.6. The van der Waals surface area contributed by atoms with Crippen molar-refractivity contribution in [3.63, 3.8) is 0 Å². The van der Waals surface area contributed by atoms with E-state index in [2.05, 4.69) is 68.5 Å². The highest BCUT2D eigenvalue weighted by Gasteiger charge is 2.35. The number of aromatic nitrogens is 4. The van der Waals surface area contributed by atoms with E-state index in [-0.39, 0.29) is 71.9 Å². The quantitative estimate of drug-likeness (QED) is 0.0501. The molecule has 101 heavy (non-hydrogen) atoms. The number of carbonyl (C=O) groups is 6. The van der Waals surface area contributed by atoms with Crippen molar-refractivity contribution in [1.29, 1.82) is 10.5 Å². The molecule has 22 nitrogen and oxygen atoms in total. The zero-order valence-electron chi connectivity index (χ0n) is 57.1. The Balaban J connectivity index is 0.000000200. The number of carbonyl (C=O) groups excluding carboxylic acids is 5. The Bertz CT molecular complexity index is 3990. The Labute approximate surface area is 620 Å². The van der Waals surface area contributed by atoms with Gasteiger partial charge in [-0.05, 0) is 147 Å². The number of hydrogen-bond acceptors (Lipinski definition) is 20. The number of halogens is 2. The Morgan fingerprint density at radius 1 is 0.505 bits per heavy atom. The third kappa shape index (κ3) is 28.4. The third-order valence-electron chi connectivity index (χ3n) is 16.1. The highest BCUT2D eigenvalue weighted by Crippen LogP contribution is 2.37. The molecule has 4 aromatic heterocycles. The standard InChI is InChI=1S/C20H25N3O3S.C17H17N3OS.C15H17N3OS.C11H19NO4.C9H8N2S.CBrN.ClH/c1-20(2,3)26-19(25)22-15-10-9-14(11-15)17(24)23-18-21-12-16(27-18)13-7-5-4-6-8-13;18-9-8-12-6-7-14(10-12)16(21)20-17-19-11-15(22-17)13-4-2-1-3-5-13;16-12-7-6-11(8-12)14(19)18-15-17-9-13(20-15)10-4-2-1-3-5-10;1-11(2,3)16-10(15)12-8-5-4-7(6-8)9(13)14;10-9-11-6-8(12-9)7-4-2-1-3-5-7;2-1-3;/h4-8,12,14-15H,9-11H2,1-3H3,(H,22,25)(H,21,23,24);1-5,11-12,14H,6-8,10H2,(H,19,20,21);1-5,9,11-12H,6-8,16H2,(H,17,18,19);7-8H,4-6H2,1-3H3,(H,12,15)(H,13,14);1-6H,(H2,10,11);;1H/t14-,15+;12-,14-;11-,12+;7-,8+;;;/m1111.../s1. The lowest BCUT2D eigenvalue weighted by Crippen LogP contribution is -2.38. The number of nitrogens with one attached hydrogen (secondary N) is 5. The number of nitrogens with two attached hydrogens (primary N) is 2. The van der Waals surface area contributed by atoms with Crippen molar-refractivity contribution in [2.45, 2.75) is 154 Å². The second kappa shape index (κ2) is 40.7. The molecule has 0 unspecified atom stereocenters. The Hall–Kier alpha value is -8.67. The number of ether oxygens (including phenoxy) is 2. The highest BCUT2D eigenvalue weighted by atomic mass is 79.9. The maximum atomic E-state index is 12.5. The predicted octanol–water partition coefficient (Wildman–Crippen LogP) is 16.8. The molecule has 0 spiro atoms. The normalized spacial score (nSPS) is 19.3. The summed E-state index contributed by atoms with van der Waals surface area (Å²) in [5, 5.41) is 41.6. The van der Waals surface area contributed by atoms with Gasteiger partial charge in [-0.25, -0.2) is 29.5 Å². The zero-order chi connectivity index (χ0) is 72.2. The minimum Gasteiger partial charge on any atom is -0.481 e. The first-order valence-electron chi connectivity index (χ1n) is 32.9. The summed E-state index contributed by atoms with van der Waals surface area (Å²) < 4.78 is 10.4. The van der Waals surface area contributed by atoms with Gasteiger partial charge in [-0.15, -0.1) is 12.4 Å². The van der Waals surface area contributed by atoms with Crippen molar-refractivity contribution >= 4 is 130 Å². The number of nitrogen functional groups attached to an aromatic ring is 1. The smallest absolute Gasteiger partial charge is 0.407 e. The second-order valence-electron chi connectivity index (χ2n) is 26.2. The lowest BCUT2D eigenvalue weighted by molar-refractivity contribution is -0.141. The molecule has 4 aliphatic carbocycles. The van der Waals surface area contributed by atoms with E-state index in [1.165, 1.54) is 50.9 Å². The molecule has 4 heterocycles. The number of hydrogen-bond donors (Lipinski definition) is 8. The molecule has 536 valence electrons. The van der Waals surface area contributed by atoms with Crippen LogP contribution in [0.1, 0.15) is 125 Å². The summed E-state index contributed by atoms with van der Waals surface area (Å²) in [7, 11) is 0. The largest absolute Gasteiger partial charge is 0.481 e. The lowest BCUT2D eigenvalue weighted by atomic mass is 10.0. The molecule has 4 fully saturated rings. The number of nitrogens with zero attached hydrogens (tertiary/aromatic N) is 6. The Morgan fingerprint density at radius 2 is 0.832 bits per heavy atom. The molecule has 0 radical (unpaired) electrons. The lowest BCUT2D eigenvalue weighted by Gasteiger charge is -2.21. The zero-order valence-corrected chi connectivity index (χ0v) is 62.8. The van der Waals surface area contributed by atoms with Crippen LogP contribution < -0.4 is 38.1 Å². The van der Waals surface area contributed by atoms with E-state index in [4.69, 9.17) is 36.6 Å². The van der Waals surface area contributed by atoms with Gasteiger partial charge in [0.25, 0.3) is 0 Å². The molecule has 0 bridgehead atoms. The van der Waals surface area contributed by atoms with Gasteiger partial charge in [0, 0.05) is 83.0 Å². The number of anilines is 4. The number of amides is 5. The summed E-state index contributed by atoms with van der Waals surface area (Å²) >= 11 is 8.41. The first kappa shape index (κ1) is 81.3. The minimum absolute atomic E-state index is 0. The number of aliphatic carboxylic acids is 1. The SMILES string of the molecule is CC(C)(C)OC(=O)N[C@H]1CC[C@@H](C(=O)Nc2ncc(-c3ccccc3)s2)C1.CC(C)(C)OC(=O)N[C@H]1CC[C@@H](C(=O)O)C1.Cl.N#CBr.N#CC[C@H]1CC[C@@H](C(=O)Nc2ncc(-c3ccccc3)s2)C1.N[C@H]1CC[C@@H](C(=O)Nc2ncc(-c3ccccc3)s2)C1.Nc1ncc(-c2ccccc2)s1. The summed E-state index contributed by atoms with van der Waals surface area (Å²) in [6.45, 7) is 10.9. The third-order valence-corrected chi connectivity index (χ3v) is 19.9. The van der Waals surface area contributed by atoms with Gasteiger partial charge in [-0.3, -0.25) is 19.2 Å². The molecule has 4 saturated carbocycles. The Kier molecular flexibility index (Phi) is 32.8. The topological polar surface area (TPSA) is 352 Å². The van der Waals surface area contributed by atoms with Crippen LogP contribution in [0, 0.1) is 51.2 Å². The van der Waals surface area contributed by atoms with Gasteiger partial charge >= 0.3 is 18.2 Å². The molecular weight excluding hydrogens is 1450 g/mol. The van der Waals surface area contributed by atoms with Crippen LogP contribution in [0.4, 0.5) is 30.1 Å². The van der Waals surface area contributed by atoms with Gasteiger partial charge in [0.05, 0.1) is 31.5 Å². The van der Waals surface area contributed by atoms with Gasteiger partial charge in [0.2, 0.25) is 17.7 Å². The van der Waals surface area contributed by atoms with E-state index < -0.39 is 29.4 Å². The van der Waals surface area contributed by atoms with E-state index in [1.54, 1.807) is 50.5 Å². The number of nitriles is 2. The number of carboxylic acids is 1. The molecule has 4 aliphatic rings. The summed E-state index contributed by atoms with van der Waals surface area (Å²) in [6.07, 6.45) is 16.0. The van der Waals surface area contributed by atoms with Crippen molar-refractivity contribution in [2.75, 3.05) is 21.7 Å². The van der Waals surface area contributed by atoms with Crippen LogP contribution in [0.5, 0.6) is 0 Å². The molecule has 12 rings (SSSR count). The van der Waals surface area contributed by atoms with Gasteiger partial charge in [-0.1, -0.05) is 167 Å². The number of benzene rings is 4. The van der Waals surface area contributed by atoms with Crippen LogP contribution >= 0.6 is 73.7 Å². The fraction of sp³-hybridized carbons (Fsp3) is 0.397. The fourth-order valence-electron chi connectivity index (χ4n) is 11.4. The van der Waals surface area contributed by atoms with Crippen molar-refractivity contribution in [1.82, 2.24) is 30.6 Å². The van der Waals surface area contributed by atoms with E-state index in [0.717, 1.165) is 87.6 Å². The Morgan fingerprint density at radius 3 is 1.16 bits per heavy atom. The second-order valence-corrected chi connectivity index (χ2v) is 30.7. The first-order chi connectivity index (χ1) is 47.8. The number of rotatable bonds is 14. The molecule has 5 amide bonds. The van der Waals surface area contributed by atoms with E-state index >= 15 is 0 Å². The van der Waals surface area contributed by atoms with Crippen molar-refractivity contribution in [3.05, 3.63) is 146 Å². The number of alkyl carbamates (subject to hydrolysis) is 2. The van der Waals surface area contributed by atoms with E-state index in [9.17, 15) is 28.8 Å². The van der Waals surface area contributed by atoms with E-state index in [0.29, 0.717) is 58.5 Å². The summed E-state index contributed by atoms with van der Waals surface area (Å²) in [5.41, 5.74) is 14.8.